The number of hydrogen-bond donors (Lipinski definition) is 4. The fourth-order valence-corrected chi connectivity index (χ4v) is 1.25. The summed E-state index contributed by atoms with van der Waals surface area (Å²) in [7, 11) is -10.1. The minimum atomic E-state index is -5.05. The molecule has 22 heteroatoms. The molecular weight excluding hydrogens is 389 g/mol. The van der Waals surface area contributed by atoms with Crippen molar-refractivity contribution in [2.75, 3.05) is 0 Å². The first kappa shape index (κ1) is 140. The van der Waals surface area contributed by atoms with E-state index in [2.05, 4.69) is 4.31 Å². The summed E-state index contributed by atoms with van der Waals surface area (Å²) in [5, 5.41) is 0. The maximum atomic E-state index is 9.63. The quantitative estimate of drug-likeness (QED) is 0.247. The van der Waals surface area contributed by atoms with E-state index in [4.69, 9.17) is 19.6 Å². The molecule has 0 radical (unpaired) electrons. The predicted octanol–water partition coefficient (Wildman–Crippen LogP) is -11.4. The third kappa shape index (κ3) is 177. The number of hydrogen-bond acceptors (Lipinski definition) is 3. The van der Waals surface area contributed by atoms with Crippen LogP contribution in [0.1, 0.15) is 0 Å². The van der Waals surface area contributed by atoms with E-state index in [1.54, 1.807) is 0 Å². The van der Waals surface area contributed by atoms with Crippen LogP contribution < -0.4 is 0 Å². The summed E-state index contributed by atoms with van der Waals surface area (Å²) >= 11 is 0. The van der Waals surface area contributed by atoms with Crippen LogP contribution >= 0.6 is 15.6 Å². The molecule has 0 aromatic rings. The molecule has 0 saturated carbocycles. The molecule has 0 spiro atoms. The van der Waals surface area contributed by atoms with Crippen molar-refractivity contribution in [3.8, 4) is 0 Å². The van der Waals surface area contributed by atoms with Crippen LogP contribution in [0.5, 0.6) is 0 Å². The van der Waals surface area contributed by atoms with E-state index in [0.717, 1.165) is 0 Å². The van der Waals surface area contributed by atoms with Gasteiger partial charge in [0.25, 0.3) is 0 Å². The predicted molar refractivity (Wildman–Crippen MR) is 75.7 cm³/mol. The van der Waals surface area contributed by atoms with Gasteiger partial charge in [0, 0.05) is 0 Å². The van der Waals surface area contributed by atoms with Crippen LogP contribution in [0.15, 0.2) is 0 Å². The van der Waals surface area contributed by atoms with Gasteiger partial charge in [-0.1, -0.05) is 0 Å². The SMILES string of the molecule is O.O.O.O.O.O.O.O.O.O.O.O.O=P(O)(O)OP(=O)(O)O.[NaH]. The Bertz CT molecular complexity index is 156. The summed E-state index contributed by atoms with van der Waals surface area (Å²) in [6, 6.07) is 0. The van der Waals surface area contributed by atoms with E-state index in [0.29, 0.717) is 0 Å². The molecule has 0 aromatic carbocycles. The van der Waals surface area contributed by atoms with Crippen LogP contribution in [0.2, 0.25) is 0 Å². The second-order valence-electron chi connectivity index (χ2n) is 1.06. The molecule has 0 heterocycles. The molecule has 0 aliphatic carbocycles. The van der Waals surface area contributed by atoms with Crippen LogP contribution in [0.3, 0.4) is 0 Å². The van der Waals surface area contributed by atoms with E-state index in [-0.39, 0.29) is 95.3 Å². The Labute approximate surface area is 144 Å². The van der Waals surface area contributed by atoms with Crippen LogP contribution in [0.25, 0.3) is 0 Å². The molecule has 19 nitrogen and oxygen atoms in total. The summed E-state index contributed by atoms with van der Waals surface area (Å²) in [4.78, 5) is 31.0. The Morgan fingerprint density at radius 3 is 0.545 bits per heavy atom. The van der Waals surface area contributed by atoms with Gasteiger partial charge in [-0.2, -0.15) is 4.31 Å². The van der Waals surface area contributed by atoms with Crippen LogP contribution in [-0.4, -0.2) is 115 Å². The summed E-state index contributed by atoms with van der Waals surface area (Å²) in [6.45, 7) is 0. The molecule has 0 atom stereocenters. The summed E-state index contributed by atoms with van der Waals surface area (Å²) in [6.07, 6.45) is 0. The monoisotopic (exact) mass is 418 g/mol. The first-order chi connectivity index (χ1) is 3.71. The molecule has 0 fully saturated rings. The first-order valence-corrected chi connectivity index (χ1v) is 4.59. The van der Waals surface area contributed by atoms with Gasteiger partial charge >= 0.3 is 45.2 Å². The molecule has 0 rings (SSSR count). The number of phosphoric acid groups is 2. The summed E-state index contributed by atoms with van der Waals surface area (Å²) in [5.41, 5.74) is 0. The van der Waals surface area contributed by atoms with Crippen molar-refractivity contribution in [3.63, 3.8) is 0 Å². The minimum absolute atomic E-state index is 0. The van der Waals surface area contributed by atoms with Crippen molar-refractivity contribution in [1.82, 2.24) is 0 Å². The Morgan fingerprint density at radius 1 is 0.455 bits per heavy atom. The molecule has 0 saturated heterocycles. The normalized spacial score (nSPS) is 5.64. The zero-order chi connectivity index (χ0) is 7.71. The number of rotatable bonds is 2. The molecular formula is H29NaO19P2. The second kappa shape index (κ2) is 49.5. The molecule has 154 valence electrons. The average molecular weight is 418 g/mol. The van der Waals surface area contributed by atoms with E-state index in [9.17, 15) is 9.13 Å². The van der Waals surface area contributed by atoms with Gasteiger partial charge in [0.1, 0.15) is 0 Å². The fourth-order valence-electron chi connectivity index (χ4n) is 0.139. The Hall–Kier alpha value is 0.780. The van der Waals surface area contributed by atoms with Gasteiger partial charge in [0.2, 0.25) is 0 Å². The van der Waals surface area contributed by atoms with Crippen molar-refractivity contribution in [1.29, 1.82) is 0 Å². The average Bonchev–Trinajstić information content (AvgIpc) is 1.14. The van der Waals surface area contributed by atoms with E-state index < -0.39 is 15.6 Å². The van der Waals surface area contributed by atoms with Crippen LogP contribution in [0.4, 0.5) is 0 Å². The molecule has 0 aromatic heterocycles. The van der Waals surface area contributed by atoms with Crippen molar-refractivity contribution in [3.05, 3.63) is 0 Å². The van der Waals surface area contributed by atoms with E-state index in [1.165, 1.54) is 0 Å². The Morgan fingerprint density at radius 2 is 0.545 bits per heavy atom. The maximum absolute atomic E-state index is 9.63. The Kier molecular flexibility index (Phi) is 316. The van der Waals surface area contributed by atoms with Gasteiger partial charge in [-0.3, -0.25) is 0 Å². The van der Waals surface area contributed by atoms with Gasteiger partial charge in [0.15, 0.2) is 0 Å². The molecule has 22 heavy (non-hydrogen) atoms. The van der Waals surface area contributed by atoms with Crippen molar-refractivity contribution in [2.24, 2.45) is 0 Å². The van der Waals surface area contributed by atoms with Crippen molar-refractivity contribution < 1.29 is 98.7 Å². The van der Waals surface area contributed by atoms with E-state index >= 15 is 0 Å². The van der Waals surface area contributed by atoms with Gasteiger partial charge in [-0.15, -0.1) is 0 Å². The van der Waals surface area contributed by atoms with Crippen molar-refractivity contribution in [2.45, 2.75) is 0 Å². The third-order valence-corrected chi connectivity index (χ3v) is 1.91. The molecule has 0 bridgehead atoms. The topological polar surface area (TPSA) is 502 Å². The van der Waals surface area contributed by atoms with Gasteiger partial charge in [-0.25, -0.2) is 9.13 Å². The van der Waals surface area contributed by atoms with Gasteiger partial charge in [-0.05, 0) is 0 Å². The van der Waals surface area contributed by atoms with Crippen LogP contribution in [0, 0.1) is 0 Å². The molecule has 0 amide bonds. The zero-order valence-electron chi connectivity index (χ0n) is 9.91. The fraction of sp³-hybridized carbons (Fsp3) is 0. The first-order valence-electron chi connectivity index (χ1n) is 1.53. The summed E-state index contributed by atoms with van der Waals surface area (Å²) in [5.74, 6) is 0. The van der Waals surface area contributed by atoms with Crippen LogP contribution in [-0.2, 0) is 13.4 Å². The summed E-state index contributed by atoms with van der Waals surface area (Å²) < 4.78 is 22.2. The van der Waals surface area contributed by atoms with Gasteiger partial charge in [0.05, 0.1) is 0 Å². The van der Waals surface area contributed by atoms with Crippen molar-refractivity contribution >= 4 is 45.2 Å². The molecule has 28 N–H and O–H groups in total. The zero-order valence-corrected chi connectivity index (χ0v) is 11.7. The van der Waals surface area contributed by atoms with Gasteiger partial charge < -0.3 is 85.3 Å². The molecule has 0 aliphatic heterocycles. The second-order valence-corrected chi connectivity index (χ2v) is 3.68. The molecule has 0 unspecified atom stereocenters. The molecule has 0 aliphatic rings. The Balaban J connectivity index is -0.00000000410. The third-order valence-electron chi connectivity index (χ3n) is 0.213. The standard InChI is InChI=1S/Na.H4O7P2.12H2O.H/c;1-8(2,3)7-9(4,5)6;;;;;;;;;;;;;/h;(H2,1,2,3)(H2,4,5,6);12*1H2;. The van der Waals surface area contributed by atoms with E-state index in [1.807, 2.05) is 0 Å².